The lowest BCUT2D eigenvalue weighted by atomic mass is 9.98. The van der Waals surface area contributed by atoms with Gasteiger partial charge >= 0.3 is 5.97 Å². The summed E-state index contributed by atoms with van der Waals surface area (Å²) in [6.07, 6.45) is 1.75. The fourth-order valence-electron chi connectivity index (χ4n) is 3.71. The zero-order valence-corrected chi connectivity index (χ0v) is 16.1. The summed E-state index contributed by atoms with van der Waals surface area (Å²) < 4.78 is 20.3. The molecule has 2 aromatic heterocycles. The molecular formula is C21H23FN4O2. The van der Waals surface area contributed by atoms with Crippen molar-refractivity contribution in [2.45, 2.75) is 26.7 Å². The Balaban J connectivity index is 1.70. The van der Waals surface area contributed by atoms with Crippen molar-refractivity contribution in [3.63, 3.8) is 0 Å². The Bertz CT molecular complexity index is 1000. The van der Waals surface area contributed by atoms with Crippen LogP contribution in [0.3, 0.4) is 0 Å². The minimum Gasteiger partial charge on any atom is -0.466 e. The van der Waals surface area contributed by atoms with Crippen LogP contribution in [0.2, 0.25) is 0 Å². The molecule has 0 N–H and O–H groups in total. The summed E-state index contributed by atoms with van der Waals surface area (Å²) in [5.41, 5.74) is 3.18. The number of piperidine rings is 1. The second-order valence-corrected chi connectivity index (χ2v) is 7.10. The summed E-state index contributed by atoms with van der Waals surface area (Å²) in [6, 6.07) is 10.2. The SMILES string of the molecule is CCOC(=O)[C@@H]1CCCN(c2cc(C)nc3cc(-c4ccc(F)cc4)nn23)C1. The highest BCUT2D eigenvalue weighted by atomic mass is 19.1. The number of aryl methyl sites for hydroxylation is 1. The number of carbonyl (C=O) groups excluding carboxylic acids is 1. The van der Waals surface area contributed by atoms with Crippen molar-refractivity contribution in [3.8, 4) is 11.3 Å². The van der Waals surface area contributed by atoms with Crippen molar-refractivity contribution in [1.82, 2.24) is 14.6 Å². The molecule has 1 aromatic carbocycles. The van der Waals surface area contributed by atoms with Crippen LogP contribution in [0, 0.1) is 18.7 Å². The highest BCUT2D eigenvalue weighted by Gasteiger charge is 2.28. The first-order valence-electron chi connectivity index (χ1n) is 9.60. The van der Waals surface area contributed by atoms with Crippen LogP contribution < -0.4 is 4.90 Å². The standard InChI is InChI=1S/C21H23FN4O2/c1-3-28-21(27)16-5-4-10-25(13-16)20-11-14(2)23-19-12-18(24-26(19)20)15-6-8-17(22)9-7-15/h6-9,11-12,16H,3-5,10,13H2,1-2H3/t16-/m1/s1. The van der Waals surface area contributed by atoms with Crippen LogP contribution in [0.25, 0.3) is 16.9 Å². The topological polar surface area (TPSA) is 59.7 Å². The summed E-state index contributed by atoms with van der Waals surface area (Å²) in [4.78, 5) is 19.0. The fraction of sp³-hybridized carbons (Fsp3) is 0.381. The number of ether oxygens (including phenoxy) is 1. The van der Waals surface area contributed by atoms with Crippen LogP contribution in [0.15, 0.2) is 36.4 Å². The van der Waals surface area contributed by atoms with E-state index >= 15 is 0 Å². The van der Waals surface area contributed by atoms with Gasteiger partial charge in [-0.1, -0.05) is 0 Å². The van der Waals surface area contributed by atoms with Gasteiger partial charge in [0.25, 0.3) is 0 Å². The molecule has 1 aliphatic rings. The van der Waals surface area contributed by atoms with Crippen molar-refractivity contribution >= 4 is 17.4 Å². The number of benzene rings is 1. The molecule has 4 rings (SSSR count). The molecule has 1 saturated heterocycles. The number of esters is 1. The predicted molar refractivity (Wildman–Crippen MR) is 105 cm³/mol. The predicted octanol–water partition coefficient (Wildman–Crippen LogP) is 3.62. The molecule has 28 heavy (non-hydrogen) atoms. The van der Waals surface area contributed by atoms with Gasteiger partial charge in [-0.2, -0.15) is 9.61 Å². The van der Waals surface area contributed by atoms with E-state index in [0.717, 1.165) is 47.8 Å². The smallest absolute Gasteiger partial charge is 0.310 e. The number of hydrogen-bond acceptors (Lipinski definition) is 5. The van der Waals surface area contributed by atoms with Crippen LogP contribution in [-0.4, -0.2) is 40.3 Å². The van der Waals surface area contributed by atoms with Gasteiger partial charge in [-0.25, -0.2) is 9.37 Å². The minimum atomic E-state index is -0.277. The lowest BCUT2D eigenvalue weighted by Gasteiger charge is -2.33. The second-order valence-electron chi connectivity index (χ2n) is 7.10. The zero-order valence-electron chi connectivity index (χ0n) is 16.1. The fourth-order valence-corrected chi connectivity index (χ4v) is 3.71. The van der Waals surface area contributed by atoms with Gasteiger partial charge < -0.3 is 9.64 Å². The first-order valence-corrected chi connectivity index (χ1v) is 9.60. The minimum absolute atomic E-state index is 0.135. The number of halogens is 1. The summed E-state index contributed by atoms with van der Waals surface area (Å²) in [6.45, 7) is 5.62. The number of hydrogen-bond donors (Lipinski definition) is 0. The van der Waals surface area contributed by atoms with E-state index in [4.69, 9.17) is 9.84 Å². The van der Waals surface area contributed by atoms with E-state index < -0.39 is 0 Å². The average molecular weight is 382 g/mol. The quantitative estimate of drug-likeness (QED) is 0.645. The molecule has 3 aromatic rings. The summed E-state index contributed by atoms with van der Waals surface area (Å²) in [5, 5.41) is 4.71. The molecule has 7 heteroatoms. The molecule has 146 valence electrons. The van der Waals surface area contributed by atoms with E-state index in [2.05, 4.69) is 9.88 Å². The third-order valence-corrected chi connectivity index (χ3v) is 5.04. The Hall–Kier alpha value is -2.96. The molecule has 6 nitrogen and oxygen atoms in total. The van der Waals surface area contributed by atoms with Gasteiger partial charge in [-0.3, -0.25) is 4.79 Å². The van der Waals surface area contributed by atoms with Crippen molar-refractivity contribution < 1.29 is 13.9 Å². The van der Waals surface area contributed by atoms with Gasteiger partial charge in [0, 0.05) is 36.5 Å². The van der Waals surface area contributed by atoms with Crippen molar-refractivity contribution in [2.24, 2.45) is 5.92 Å². The number of rotatable bonds is 4. The number of anilines is 1. The van der Waals surface area contributed by atoms with Crippen LogP contribution in [-0.2, 0) is 9.53 Å². The molecule has 0 spiro atoms. The lowest BCUT2D eigenvalue weighted by molar-refractivity contribution is -0.148. The monoisotopic (exact) mass is 382 g/mol. The van der Waals surface area contributed by atoms with Gasteiger partial charge in [-0.05, 0) is 51.0 Å². The maximum atomic E-state index is 13.2. The molecular weight excluding hydrogens is 359 g/mol. The molecule has 1 atom stereocenters. The Morgan fingerprint density at radius 1 is 1.29 bits per heavy atom. The molecule has 1 fully saturated rings. The molecule has 0 radical (unpaired) electrons. The third-order valence-electron chi connectivity index (χ3n) is 5.04. The van der Waals surface area contributed by atoms with Gasteiger partial charge in [0.1, 0.15) is 11.6 Å². The Kier molecular flexibility index (Phi) is 4.98. The van der Waals surface area contributed by atoms with E-state index in [0.29, 0.717) is 13.2 Å². The Morgan fingerprint density at radius 3 is 2.82 bits per heavy atom. The maximum absolute atomic E-state index is 13.2. The van der Waals surface area contributed by atoms with E-state index in [1.165, 1.54) is 12.1 Å². The largest absolute Gasteiger partial charge is 0.466 e. The van der Waals surface area contributed by atoms with Crippen LogP contribution in [0.5, 0.6) is 0 Å². The lowest BCUT2D eigenvalue weighted by Crippen LogP contribution is -2.40. The molecule has 1 aliphatic heterocycles. The zero-order chi connectivity index (χ0) is 19.7. The number of aromatic nitrogens is 3. The molecule has 3 heterocycles. The number of nitrogens with zero attached hydrogens (tertiary/aromatic N) is 4. The highest BCUT2D eigenvalue weighted by molar-refractivity contribution is 5.74. The summed E-state index contributed by atoms with van der Waals surface area (Å²) in [7, 11) is 0. The molecule has 0 amide bonds. The highest BCUT2D eigenvalue weighted by Crippen LogP contribution is 2.27. The average Bonchev–Trinajstić information content (AvgIpc) is 3.12. The van der Waals surface area contributed by atoms with E-state index in [1.54, 1.807) is 16.6 Å². The van der Waals surface area contributed by atoms with Crippen molar-refractivity contribution in [3.05, 3.63) is 47.9 Å². The summed E-state index contributed by atoms with van der Waals surface area (Å²) >= 11 is 0. The molecule has 0 unspecified atom stereocenters. The van der Waals surface area contributed by atoms with E-state index in [9.17, 15) is 9.18 Å². The Labute approximate surface area is 162 Å². The molecule has 0 bridgehead atoms. The van der Waals surface area contributed by atoms with Crippen molar-refractivity contribution in [2.75, 3.05) is 24.6 Å². The van der Waals surface area contributed by atoms with E-state index in [-0.39, 0.29) is 17.7 Å². The third kappa shape index (κ3) is 3.56. The second kappa shape index (κ2) is 7.58. The van der Waals surface area contributed by atoms with Crippen LogP contribution in [0.4, 0.5) is 10.2 Å². The van der Waals surface area contributed by atoms with Crippen molar-refractivity contribution in [1.29, 1.82) is 0 Å². The first-order chi connectivity index (χ1) is 13.5. The van der Waals surface area contributed by atoms with Crippen LogP contribution >= 0.6 is 0 Å². The normalized spacial score (nSPS) is 17.1. The first kappa shape index (κ1) is 18.4. The summed E-state index contributed by atoms with van der Waals surface area (Å²) in [5.74, 6) is 0.358. The molecule has 0 aliphatic carbocycles. The van der Waals surface area contributed by atoms with Gasteiger partial charge in [0.05, 0.1) is 18.2 Å². The maximum Gasteiger partial charge on any atom is 0.310 e. The van der Waals surface area contributed by atoms with Gasteiger partial charge in [-0.15, -0.1) is 0 Å². The van der Waals surface area contributed by atoms with Crippen LogP contribution in [0.1, 0.15) is 25.5 Å². The number of carbonyl (C=O) groups is 1. The van der Waals surface area contributed by atoms with Gasteiger partial charge in [0.2, 0.25) is 0 Å². The van der Waals surface area contributed by atoms with E-state index in [1.807, 2.05) is 26.0 Å². The van der Waals surface area contributed by atoms with Gasteiger partial charge in [0.15, 0.2) is 5.65 Å². The molecule has 0 saturated carbocycles. The Morgan fingerprint density at radius 2 is 2.07 bits per heavy atom. The number of fused-ring (bicyclic) bond motifs is 1.